The minimum absolute atomic E-state index is 0.0324. The maximum absolute atomic E-state index is 11.7. The Morgan fingerprint density at radius 1 is 1.38 bits per heavy atom. The molecule has 0 saturated carbocycles. The van der Waals surface area contributed by atoms with E-state index >= 15 is 0 Å². The van der Waals surface area contributed by atoms with Crippen molar-refractivity contribution in [2.45, 2.75) is 19.8 Å². The number of oxime groups is 1. The molecule has 0 spiro atoms. The molecule has 1 aromatic carbocycles. The van der Waals surface area contributed by atoms with Gasteiger partial charge >= 0.3 is 0 Å². The van der Waals surface area contributed by atoms with E-state index < -0.39 is 5.41 Å². The molecular formula is C15H24N4O2. The van der Waals surface area contributed by atoms with Crippen molar-refractivity contribution in [1.29, 1.82) is 0 Å². The molecule has 0 aliphatic heterocycles. The standard InChI is InChI=1S/C15H24N4O2/c1-15(2,14(20)17-3)10-18-9-12(13(16)19-21)11-7-5-4-6-8-11/h4-8,12,18,21H,9-10H2,1-3H3,(H2,16,19)(H,17,20). The molecule has 116 valence electrons. The van der Waals surface area contributed by atoms with Gasteiger partial charge in [0.05, 0.1) is 11.3 Å². The minimum Gasteiger partial charge on any atom is -0.409 e. The van der Waals surface area contributed by atoms with Gasteiger partial charge in [-0.05, 0) is 19.4 Å². The Labute approximate surface area is 125 Å². The lowest BCUT2D eigenvalue weighted by atomic mass is 9.91. The summed E-state index contributed by atoms with van der Waals surface area (Å²) in [6.07, 6.45) is 0. The summed E-state index contributed by atoms with van der Waals surface area (Å²) in [5, 5.41) is 17.9. The Morgan fingerprint density at radius 2 is 2.00 bits per heavy atom. The predicted octanol–water partition coefficient (Wildman–Crippen LogP) is 0.878. The van der Waals surface area contributed by atoms with Crippen LogP contribution >= 0.6 is 0 Å². The number of rotatable bonds is 7. The van der Waals surface area contributed by atoms with E-state index in [1.165, 1.54) is 0 Å². The van der Waals surface area contributed by atoms with E-state index in [0.717, 1.165) is 5.56 Å². The molecule has 0 radical (unpaired) electrons. The van der Waals surface area contributed by atoms with Gasteiger partial charge in [-0.1, -0.05) is 35.5 Å². The van der Waals surface area contributed by atoms with Crippen molar-refractivity contribution in [3.05, 3.63) is 35.9 Å². The molecule has 0 saturated heterocycles. The van der Waals surface area contributed by atoms with Crippen molar-refractivity contribution < 1.29 is 10.0 Å². The van der Waals surface area contributed by atoms with E-state index in [1.807, 2.05) is 44.2 Å². The molecule has 0 aliphatic rings. The lowest BCUT2D eigenvalue weighted by molar-refractivity contribution is -0.128. The molecule has 6 nitrogen and oxygen atoms in total. The molecule has 6 heteroatoms. The summed E-state index contributed by atoms with van der Waals surface area (Å²) in [4.78, 5) is 11.7. The van der Waals surface area contributed by atoms with Crippen molar-refractivity contribution in [3.8, 4) is 0 Å². The van der Waals surface area contributed by atoms with Crippen LogP contribution in [0.5, 0.6) is 0 Å². The van der Waals surface area contributed by atoms with E-state index in [-0.39, 0.29) is 17.7 Å². The molecule has 1 rings (SSSR count). The molecule has 1 amide bonds. The Kier molecular flexibility index (Phi) is 6.17. The second-order valence-corrected chi connectivity index (χ2v) is 5.58. The van der Waals surface area contributed by atoms with Crippen LogP contribution in [0.1, 0.15) is 25.3 Å². The predicted molar refractivity (Wildman–Crippen MR) is 83.3 cm³/mol. The average Bonchev–Trinajstić information content (AvgIpc) is 2.50. The summed E-state index contributed by atoms with van der Waals surface area (Å²) in [6.45, 7) is 4.70. The number of carbonyl (C=O) groups excluding carboxylic acids is 1. The Hall–Kier alpha value is -2.08. The molecule has 1 aromatic rings. The fourth-order valence-electron chi connectivity index (χ4n) is 2.10. The first kappa shape index (κ1) is 17.0. The largest absolute Gasteiger partial charge is 0.409 e. The smallest absolute Gasteiger partial charge is 0.226 e. The lowest BCUT2D eigenvalue weighted by Gasteiger charge is -2.24. The van der Waals surface area contributed by atoms with Gasteiger partial charge in [0.25, 0.3) is 0 Å². The lowest BCUT2D eigenvalue weighted by Crippen LogP contribution is -2.43. The Morgan fingerprint density at radius 3 is 2.52 bits per heavy atom. The van der Waals surface area contributed by atoms with Crippen LogP contribution in [0.25, 0.3) is 0 Å². The van der Waals surface area contributed by atoms with Gasteiger partial charge < -0.3 is 21.6 Å². The molecule has 0 aromatic heterocycles. The van der Waals surface area contributed by atoms with Gasteiger partial charge in [0.15, 0.2) is 0 Å². The fourth-order valence-corrected chi connectivity index (χ4v) is 2.10. The number of nitrogens with one attached hydrogen (secondary N) is 2. The van der Waals surface area contributed by atoms with E-state index in [9.17, 15) is 4.79 Å². The van der Waals surface area contributed by atoms with Crippen LogP contribution in [-0.2, 0) is 4.79 Å². The van der Waals surface area contributed by atoms with Crippen LogP contribution in [0, 0.1) is 5.41 Å². The van der Waals surface area contributed by atoms with Crippen LogP contribution in [0.4, 0.5) is 0 Å². The highest BCUT2D eigenvalue weighted by Gasteiger charge is 2.27. The van der Waals surface area contributed by atoms with Gasteiger partial charge in [-0.2, -0.15) is 0 Å². The monoisotopic (exact) mass is 292 g/mol. The first-order chi connectivity index (χ1) is 9.92. The number of nitrogens with two attached hydrogens (primary N) is 1. The van der Waals surface area contributed by atoms with Crippen molar-refractivity contribution in [2.75, 3.05) is 20.1 Å². The maximum atomic E-state index is 11.7. The number of benzene rings is 1. The normalized spacial score (nSPS) is 13.8. The van der Waals surface area contributed by atoms with Gasteiger partial charge in [0.2, 0.25) is 5.91 Å². The highest BCUT2D eigenvalue weighted by molar-refractivity contribution is 5.87. The van der Waals surface area contributed by atoms with Gasteiger partial charge in [-0.25, -0.2) is 0 Å². The molecule has 0 fully saturated rings. The third kappa shape index (κ3) is 4.75. The zero-order chi connectivity index (χ0) is 15.9. The molecule has 1 atom stereocenters. The number of hydrogen-bond acceptors (Lipinski definition) is 4. The number of amidine groups is 1. The van der Waals surface area contributed by atoms with E-state index in [0.29, 0.717) is 13.1 Å². The first-order valence-corrected chi connectivity index (χ1v) is 6.87. The highest BCUT2D eigenvalue weighted by atomic mass is 16.4. The zero-order valence-electron chi connectivity index (χ0n) is 12.8. The molecule has 5 N–H and O–H groups in total. The Balaban J connectivity index is 2.70. The summed E-state index contributed by atoms with van der Waals surface area (Å²) in [7, 11) is 1.62. The summed E-state index contributed by atoms with van der Waals surface area (Å²) in [5.74, 6) is -0.127. The van der Waals surface area contributed by atoms with E-state index in [1.54, 1.807) is 7.05 Å². The highest BCUT2D eigenvalue weighted by Crippen LogP contribution is 2.17. The summed E-state index contributed by atoms with van der Waals surface area (Å²) in [6, 6.07) is 9.57. The van der Waals surface area contributed by atoms with Gasteiger partial charge in [0, 0.05) is 20.1 Å². The van der Waals surface area contributed by atoms with Crippen LogP contribution < -0.4 is 16.4 Å². The third-order valence-electron chi connectivity index (χ3n) is 3.43. The molecule has 0 aliphatic carbocycles. The minimum atomic E-state index is -0.527. The fraction of sp³-hybridized carbons (Fsp3) is 0.467. The van der Waals surface area contributed by atoms with Crippen molar-refractivity contribution in [3.63, 3.8) is 0 Å². The third-order valence-corrected chi connectivity index (χ3v) is 3.43. The maximum Gasteiger partial charge on any atom is 0.226 e. The molecule has 1 unspecified atom stereocenters. The quantitative estimate of drug-likeness (QED) is 0.259. The topological polar surface area (TPSA) is 99.7 Å². The molecule has 21 heavy (non-hydrogen) atoms. The van der Waals surface area contributed by atoms with Crippen molar-refractivity contribution >= 4 is 11.7 Å². The van der Waals surface area contributed by atoms with Gasteiger partial charge in [-0.15, -0.1) is 0 Å². The number of hydrogen-bond donors (Lipinski definition) is 4. The van der Waals surface area contributed by atoms with E-state index in [4.69, 9.17) is 10.9 Å². The molecular weight excluding hydrogens is 268 g/mol. The van der Waals surface area contributed by atoms with Gasteiger partial charge in [-0.3, -0.25) is 4.79 Å². The van der Waals surface area contributed by atoms with Crippen molar-refractivity contribution in [2.24, 2.45) is 16.3 Å². The van der Waals surface area contributed by atoms with E-state index in [2.05, 4.69) is 15.8 Å². The second-order valence-electron chi connectivity index (χ2n) is 5.58. The van der Waals surface area contributed by atoms with Crippen LogP contribution in [0.3, 0.4) is 0 Å². The summed E-state index contributed by atoms with van der Waals surface area (Å²) >= 11 is 0. The zero-order valence-corrected chi connectivity index (χ0v) is 12.8. The van der Waals surface area contributed by atoms with Gasteiger partial charge in [0.1, 0.15) is 5.84 Å². The summed E-state index contributed by atoms with van der Waals surface area (Å²) < 4.78 is 0. The number of carbonyl (C=O) groups is 1. The molecule has 0 bridgehead atoms. The van der Waals surface area contributed by atoms with Crippen LogP contribution in [0.15, 0.2) is 35.5 Å². The SMILES string of the molecule is CNC(=O)C(C)(C)CNCC(/C(N)=N/O)c1ccccc1. The number of nitrogens with zero attached hydrogens (tertiary/aromatic N) is 1. The number of amides is 1. The molecule has 0 heterocycles. The van der Waals surface area contributed by atoms with Crippen LogP contribution in [-0.4, -0.2) is 37.1 Å². The average molecular weight is 292 g/mol. The second kappa shape index (κ2) is 7.64. The first-order valence-electron chi connectivity index (χ1n) is 6.87. The van der Waals surface area contributed by atoms with Crippen molar-refractivity contribution in [1.82, 2.24) is 10.6 Å². The Bertz CT molecular complexity index is 486. The summed E-state index contributed by atoms with van der Waals surface area (Å²) in [5.41, 5.74) is 6.20. The van der Waals surface area contributed by atoms with Crippen LogP contribution in [0.2, 0.25) is 0 Å².